The summed E-state index contributed by atoms with van der Waals surface area (Å²) in [4.78, 5) is 42.2. The Morgan fingerprint density at radius 2 is 0.714 bits per heavy atom. The maximum Gasteiger partial charge on any atom is 0.472 e. The molecule has 2 saturated heterocycles. The highest BCUT2D eigenvalue weighted by Crippen LogP contribution is 2.47. The standard InChI is InChI=1S/C62H126N2O37P4/c1-46-49(35-48(37-67)55(71)54(46)70)89-25-8-2-5-11-28-92-102(76,77)95-32-16-22-86-42-62(45-99-105(82,83)98-31-15-21-85-41-47(36-66)40-84-20-14-19-65,43-87-23-17-33-96-103(78,79)93-29-12-6-3-9-26-90-60-52(63)58(74)56(72)50(38-68)100-60)44-88-24-18-34-97-104(80,81)94-30-13-7-4-10-27-91-61-53(64)59(75)57(73)51(39-69)101-61/h46-61,65-75H,2-45,63-64H2,1H3,(H,76,77)(H,78,79)(H,80,81)(H,82,83)/t46-,47?,48?,49-,50?,51?,52+,53?,54?,55+,56+,57+,58?,59-,60-,61-,62?/m1/s1. The van der Waals surface area contributed by atoms with Gasteiger partial charge in [-0.3, -0.25) is 36.2 Å². The molecule has 3 fully saturated rings. The van der Waals surface area contributed by atoms with Gasteiger partial charge in [0.05, 0.1) is 142 Å². The Hall–Kier alpha value is -0.480. The van der Waals surface area contributed by atoms with Gasteiger partial charge in [0, 0.05) is 83.8 Å². The van der Waals surface area contributed by atoms with E-state index in [1.165, 1.54) is 0 Å². The van der Waals surface area contributed by atoms with Gasteiger partial charge < -0.3 is 135 Å². The van der Waals surface area contributed by atoms with Gasteiger partial charge in [0.25, 0.3) is 0 Å². The first-order valence-corrected chi connectivity index (χ1v) is 42.2. The molecule has 0 bridgehead atoms. The number of phosphoric ester groups is 4. The van der Waals surface area contributed by atoms with Crippen LogP contribution in [0.25, 0.3) is 0 Å². The maximum absolute atomic E-state index is 13.5. The van der Waals surface area contributed by atoms with Crippen LogP contribution in [-0.2, 0) is 102 Å². The smallest absolute Gasteiger partial charge is 0.396 e. The van der Waals surface area contributed by atoms with E-state index in [0.717, 1.165) is 0 Å². The number of rotatable bonds is 67. The van der Waals surface area contributed by atoms with Crippen molar-refractivity contribution >= 4 is 31.3 Å². The number of unbranched alkanes of at least 4 members (excludes halogenated alkanes) is 9. The molecule has 0 aromatic heterocycles. The maximum atomic E-state index is 13.5. The van der Waals surface area contributed by atoms with Crippen LogP contribution in [0, 0.1) is 23.2 Å². The molecule has 0 aromatic carbocycles. The highest BCUT2D eigenvalue weighted by Gasteiger charge is 2.45. The fraction of sp³-hybridized carbons (Fsp3) is 1.00. The third kappa shape index (κ3) is 41.9. The minimum Gasteiger partial charge on any atom is -0.396 e. The van der Waals surface area contributed by atoms with Crippen molar-refractivity contribution in [3.63, 3.8) is 0 Å². The molecule has 0 aromatic rings. The minimum absolute atomic E-state index is 0.0191. The third-order valence-corrected chi connectivity index (χ3v) is 21.3. The molecule has 2 heterocycles. The van der Waals surface area contributed by atoms with Gasteiger partial charge in [0.1, 0.15) is 36.6 Å². The summed E-state index contributed by atoms with van der Waals surface area (Å²) >= 11 is 0. The SMILES string of the molecule is C[C@H]1C(O)[C@@H](O)C(CO)C[C@H]1OCCCCCCOP(=O)(O)OCCCOCC(COCCCOP(=O)(O)OCCCCCCO[C@@H]1OC(CO)[C@H](O)[C@H](O)C1N)(COCCCOP(=O)(O)OCCCCCCO[C@@H]1OC(CO)[C@H](O)C(O)[C@@H]1N)COP(=O)(O)OCCCOCC(CO)COCCCO. The van der Waals surface area contributed by atoms with Crippen molar-refractivity contribution in [2.45, 2.75) is 202 Å². The van der Waals surface area contributed by atoms with E-state index in [2.05, 4.69) is 0 Å². The Morgan fingerprint density at radius 1 is 0.381 bits per heavy atom. The first-order valence-electron chi connectivity index (χ1n) is 36.3. The zero-order valence-electron chi connectivity index (χ0n) is 60.5. The van der Waals surface area contributed by atoms with E-state index in [1.807, 2.05) is 0 Å². The summed E-state index contributed by atoms with van der Waals surface area (Å²) < 4.78 is 151. The van der Waals surface area contributed by atoms with Gasteiger partial charge in [-0.1, -0.05) is 45.4 Å². The number of aliphatic hydroxyl groups excluding tert-OH is 11. The van der Waals surface area contributed by atoms with Gasteiger partial charge in [-0.2, -0.15) is 0 Å². The van der Waals surface area contributed by atoms with E-state index >= 15 is 0 Å². The molecule has 19 N–H and O–H groups in total. The summed E-state index contributed by atoms with van der Waals surface area (Å²) in [5.41, 5.74) is 10.4. The van der Waals surface area contributed by atoms with Crippen LogP contribution in [0.3, 0.4) is 0 Å². The number of hydrogen-bond donors (Lipinski definition) is 17. The van der Waals surface area contributed by atoms with Crippen molar-refractivity contribution in [3.05, 3.63) is 0 Å². The van der Waals surface area contributed by atoms with Gasteiger partial charge in [0.15, 0.2) is 12.6 Å². The molecule has 12 unspecified atom stereocenters. The molecule has 3 aliphatic rings. The quantitative estimate of drug-likeness (QED) is 0.0284. The van der Waals surface area contributed by atoms with Crippen LogP contribution in [0.4, 0.5) is 0 Å². The molecule has 2 aliphatic heterocycles. The average Bonchev–Trinajstić information content (AvgIpc) is 0.834. The highest BCUT2D eigenvalue weighted by molar-refractivity contribution is 7.48. The Balaban J connectivity index is 1.58. The first-order chi connectivity index (χ1) is 50.1. The summed E-state index contributed by atoms with van der Waals surface area (Å²) in [7, 11) is -18.5. The van der Waals surface area contributed by atoms with Gasteiger partial charge in [-0.05, 0) is 77.0 Å². The molecule has 21 atom stereocenters. The van der Waals surface area contributed by atoms with Crippen molar-refractivity contribution in [2.75, 3.05) is 172 Å². The van der Waals surface area contributed by atoms with E-state index in [9.17, 15) is 88.9 Å². The second-order valence-electron chi connectivity index (χ2n) is 26.3. The summed E-state index contributed by atoms with van der Waals surface area (Å²) in [6.45, 7) is -2.18. The van der Waals surface area contributed by atoms with Crippen LogP contribution < -0.4 is 11.5 Å². The van der Waals surface area contributed by atoms with Crippen LogP contribution in [0.1, 0.15) is 122 Å². The lowest BCUT2D eigenvalue weighted by molar-refractivity contribution is -0.265. The molecular weight excluding hydrogens is 1490 g/mol. The van der Waals surface area contributed by atoms with Crippen molar-refractivity contribution in [1.82, 2.24) is 0 Å². The lowest BCUT2D eigenvalue weighted by atomic mass is 9.77. The zero-order chi connectivity index (χ0) is 77.6. The molecule has 1 aliphatic carbocycles. The lowest BCUT2D eigenvalue weighted by Crippen LogP contribution is -2.62. The summed E-state index contributed by atoms with van der Waals surface area (Å²) in [5, 5.41) is 108. The van der Waals surface area contributed by atoms with E-state index in [0.29, 0.717) is 103 Å². The lowest BCUT2D eigenvalue weighted by Gasteiger charge is -2.40. The van der Waals surface area contributed by atoms with Crippen LogP contribution in [0.2, 0.25) is 0 Å². The van der Waals surface area contributed by atoms with Crippen molar-refractivity contribution in [2.24, 2.45) is 34.6 Å². The number of ether oxygens (including phenoxy) is 10. The molecule has 1 saturated carbocycles. The fourth-order valence-corrected chi connectivity index (χ4v) is 14.1. The van der Waals surface area contributed by atoms with E-state index < -0.39 is 136 Å². The molecule has 105 heavy (non-hydrogen) atoms. The Labute approximate surface area is 615 Å². The fourth-order valence-electron chi connectivity index (χ4n) is 10.9. The predicted octanol–water partition coefficient (Wildman–Crippen LogP) is 0.144. The molecule has 0 amide bonds. The Kier molecular flexibility index (Phi) is 52.5. The van der Waals surface area contributed by atoms with E-state index in [4.69, 9.17) is 100 Å². The summed E-state index contributed by atoms with van der Waals surface area (Å²) in [6.07, 6.45) is -4.55. The van der Waals surface area contributed by atoms with Crippen molar-refractivity contribution in [3.8, 4) is 0 Å². The monoisotopic (exact) mass is 1610 g/mol. The Bertz CT molecular complexity index is 2170. The third-order valence-electron chi connectivity index (χ3n) is 17.3. The van der Waals surface area contributed by atoms with Crippen molar-refractivity contribution in [1.29, 1.82) is 0 Å². The largest absolute Gasteiger partial charge is 0.472 e. The molecule has 0 radical (unpaired) electrons. The second kappa shape index (κ2) is 55.9. The average molecular weight is 1620 g/mol. The zero-order valence-corrected chi connectivity index (χ0v) is 64.1. The van der Waals surface area contributed by atoms with E-state index in [1.54, 1.807) is 6.92 Å². The van der Waals surface area contributed by atoms with Gasteiger partial charge in [0.2, 0.25) is 0 Å². The van der Waals surface area contributed by atoms with Gasteiger partial charge in [-0.25, -0.2) is 18.3 Å². The normalized spacial score (nSPS) is 28.5. The summed E-state index contributed by atoms with van der Waals surface area (Å²) in [5.74, 6) is -1.18. The van der Waals surface area contributed by atoms with Crippen molar-refractivity contribution < 1.29 is 178 Å². The molecular formula is C62H126N2O37P4. The Morgan fingerprint density at radius 3 is 1.07 bits per heavy atom. The molecule has 0 spiro atoms. The minimum atomic E-state index is -4.87. The van der Waals surface area contributed by atoms with Gasteiger partial charge in [-0.15, -0.1) is 0 Å². The number of phosphoric acid groups is 4. The number of nitrogens with two attached hydrogens (primary N) is 2. The van der Waals surface area contributed by atoms with Crippen LogP contribution in [0.15, 0.2) is 0 Å². The topological polar surface area (TPSA) is 590 Å². The van der Waals surface area contributed by atoms with Crippen LogP contribution >= 0.6 is 31.3 Å². The summed E-state index contributed by atoms with van der Waals surface area (Å²) in [6, 6.07) is -2.08. The van der Waals surface area contributed by atoms with Gasteiger partial charge >= 0.3 is 31.3 Å². The first kappa shape index (κ1) is 98.7. The molecule has 43 heteroatoms. The van der Waals surface area contributed by atoms with E-state index in [-0.39, 0.29) is 182 Å². The highest BCUT2D eigenvalue weighted by atomic mass is 31.2. The number of aliphatic hydroxyl groups is 11. The van der Waals surface area contributed by atoms with Crippen LogP contribution in [-0.4, -0.2) is 327 Å². The second-order valence-corrected chi connectivity index (χ2v) is 32.1. The molecule has 626 valence electrons. The number of hydrogen-bond acceptors (Lipinski definition) is 35. The molecule has 3 rings (SSSR count). The molecule has 39 nitrogen and oxygen atoms in total. The predicted molar refractivity (Wildman–Crippen MR) is 369 cm³/mol. The van der Waals surface area contributed by atoms with Crippen LogP contribution in [0.5, 0.6) is 0 Å².